The van der Waals surface area contributed by atoms with Gasteiger partial charge in [0.2, 0.25) is 11.2 Å². The third kappa shape index (κ3) is 1.07. The first-order valence-corrected chi connectivity index (χ1v) is 4.48. The number of aliphatic carboxylic acids is 2. The highest BCUT2D eigenvalue weighted by Gasteiger charge is 2.73. The Balaban J connectivity index is 2.45. The van der Waals surface area contributed by atoms with Crippen molar-refractivity contribution in [3.8, 4) is 0 Å². The van der Waals surface area contributed by atoms with Crippen LogP contribution in [0.15, 0.2) is 0 Å². The number of carbonyl (C=O) groups is 2. The van der Waals surface area contributed by atoms with Gasteiger partial charge in [-0.25, -0.2) is 9.59 Å². The third-order valence-corrected chi connectivity index (χ3v) is 2.97. The molecule has 2 fully saturated rings. The van der Waals surface area contributed by atoms with Gasteiger partial charge in [0.15, 0.2) is 0 Å². The molecule has 2 rings (SSSR count). The number of fused-ring (bicyclic) bond motifs is 1. The van der Waals surface area contributed by atoms with E-state index >= 15 is 0 Å². The zero-order valence-corrected chi connectivity index (χ0v) is 7.99. The van der Waals surface area contributed by atoms with Crippen LogP contribution in [0.4, 0.5) is 0 Å². The highest BCUT2D eigenvalue weighted by molar-refractivity contribution is 5.86. The summed E-state index contributed by atoms with van der Waals surface area (Å²) in [5.74, 6) is -3.20. The van der Waals surface area contributed by atoms with Crippen molar-refractivity contribution in [1.82, 2.24) is 0 Å². The smallest absolute Gasteiger partial charge is 0.341 e. The summed E-state index contributed by atoms with van der Waals surface area (Å²) in [7, 11) is 0. The van der Waals surface area contributed by atoms with Gasteiger partial charge in [-0.3, -0.25) is 0 Å². The molecule has 2 heterocycles. The largest absolute Gasteiger partial charge is 0.479 e. The lowest BCUT2D eigenvalue weighted by Gasteiger charge is -2.27. The molecule has 0 aromatic carbocycles. The molecule has 8 heteroatoms. The van der Waals surface area contributed by atoms with Crippen molar-refractivity contribution in [3.63, 3.8) is 0 Å². The van der Waals surface area contributed by atoms with Gasteiger partial charge in [0.25, 0.3) is 0 Å². The van der Waals surface area contributed by atoms with Gasteiger partial charge >= 0.3 is 11.9 Å². The van der Waals surface area contributed by atoms with Crippen LogP contribution in [0.3, 0.4) is 0 Å². The predicted molar refractivity (Wildman–Crippen MR) is 44.7 cm³/mol. The Morgan fingerprint density at radius 2 is 1.88 bits per heavy atom. The lowest BCUT2D eigenvalue weighted by molar-refractivity contribution is -0.173. The lowest BCUT2D eigenvalue weighted by Crippen LogP contribution is -2.58. The second-order valence-corrected chi connectivity index (χ2v) is 3.85. The van der Waals surface area contributed by atoms with E-state index < -0.39 is 48.6 Å². The summed E-state index contributed by atoms with van der Waals surface area (Å²) >= 11 is 0. The molecule has 0 saturated carbocycles. The Morgan fingerprint density at radius 1 is 1.25 bits per heavy atom. The van der Waals surface area contributed by atoms with Gasteiger partial charge in [0.05, 0.1) is 13.2 Å². The molecule has 90 valence electrons. The SMILES string of the molecule is O=C(O)[C@]12OC[C@](O)(C(=O)O)[C@H]1OC[C@@H]2O. The van der Waals surface area contributed by atoms with E-state index in [4.69, 9.17) is 19.7 Å². The van der Waals surface area contributed by atoms with Crippen molar-refractivity contribution in [1.29, 1.82) is 0 Å². The number of aliphatic hydroxyl groups is 2. The number of carboxylic acids is 2. The van der Waals surface area contributed by atoms with Gasteiger partial charge < -0.3 is 29.9 Å². The van der Waals surface area contributed by atoms with Crippen molar-refractivity contribution >= 4 is 11.9 Å². The van der Waals surface area contributed by atoms with Crippen molar-refractivity contribution in [2.24, 2.45) is 0 Å². The fraction of sp³-hybridized carbons (Fsp3) is 0.750. The summed E-state index contributed by atoms with van der Waals surface area (Å²) in [6, 6.07) is 0. The van der Waals surface area contributed by atoms with Crippen LogP contribution in [-0.2, 0) is 19.1 Å². The Labute approximate surface area is 89.0 Å². The molecule has 0 bridgehead atoms. The van der Waals surface area contributed by atoms with Crippen molar-refractivity contribution in [2.45, 2.75) is 23.4 Å². The third-order valence-electron chi connectivity index (χ3n) is 2.97. The van der Waals surface area contributed by atoms with Crippen LogP contribution in [-0.4, -0.2) is 69.0 Å². The van der Waals surface area contributed by atoms with Crippen LogP contribution in [0.2, 0.25) is 0 Å². The Bertz CT molecular complexity index is 354. The maximum absolute atomic E-state index is 11.1. The van der Waals surface area contributed by atoms with E-state index in [-0.39, 0.29) is 0 Å². The Kier molecular flexibility index (Phi) is 2.21. The highest BCUT2D eigenvalue weighted by atomic mass is 16.6. The van der Waals surface area contributed by atoms with Crippen molar-refractivity contribution < 1.29 is 39.5 Å². The topological polar surface area (TPSA) is 134 Å². The summed E-state index contributed by atoms with van der Waals surface area (Å²) in [4.78, 5) is 21.9. The number of rotatable bonds is 2. The summed E-state index contributed by atoms with van der Waals surface area (Å²) < 4.78 is 9.65. The minimum atomic E-state index is -2.45. The second kappa shape index (κ2) is 3.14. The second-order valence-electron chi connectivity index (χ2n) is 3.85. The van der Waals surface area contributed by atoms with E-state index in [0.29, 0.717) is 0 Å². The van der Waals surface area contributed by atoms with Gasteiger partial charge in [-0.05, 0) is 0 Å². The predicted octanol–water partition coefficient (Wildman–Crippen LogP) is -2.58. The molecule has 2 aliphatic rings. The minimum absolute atomic E-state index is 0.396. The van der Waals surface area contributed by atoms with Gasteiger partial charge in [0, 0.05) is 0 Å². The van der Waals surface area contributed by atoms with Crippen molar-refractivity contribution in [2.75, 3.05) is 13.2 Å². The minimum Gasteiger partial charge on any atom is -0.479 e. The van der Waals surface area contributed by atoms with Crippen LogP contribution >= 0.6 is 0 Å². The Hall–Kier alpha value is -1.22. The standard InChI is InChI=1S/C8H10O8/c9-3-1-15-4-7(14,5(10)11)2-16-8(3,4)6(12)13/h3-4,9,14H,1-2H2,(H,10,11)(H,12,13)/t3-,4+,7+,8+/m0/s1. The van der Waals surface area contributed by atoms with E-state index in [9.17, 15) is 19.8 Å². The summed E-state index contributed by atoms with van der Waals surface area (Å²) in [5, 5.41) is 37.1. The molecule has 2 saturated heterocycles. The molecule has 0 unspecified atom stereocenters. The van der Waals surface area contributed by atoms with E-state index in [1.165, 1.54) is 0 Å². The maximum atomic E-state index is 11.1. The molecule has 0 amide bonds. The molecule has 2 aliphatic heterocycles. The molecule has 4 atom stereocenters. The first kappa shape index (κ1) is 11.3. The number of carboxylic acid groups (broad SMARTS) is 2. The first-order chi connectivity index (χ1) is 7.35. The number of aliphatic hydroxyl groups excluding tert-OH is 1. The zero-order valence-electron chi connectivity index (χ0n) is 7.99. The molecule has 8 nitrogen and oxygen atoms in total. The van der Waals surface area contributed by atoms with E-state index in [1.54, 1.807) is 0 Å². The van der Waals surface area contributed by atoms with Gasteiger partial charge in [-0.2, -0.15) is 0 Å². The van der Waals surface area contributed by atoms with E-state index in [1.807, 2.05) is 0 Å². The average molecular weight is 234 g/mol. The molecular formula is C8H10O8. The number of ether oxygens (including phenoxy) is 2. The maximum Gasteiger partial charge on any atom is 0.341 e. The van der Waals surface area contributed by atoms with Gasteiger partial charge in [-0.1, -0.05) is 0 Å². The van der Waals surface area contributed by atoms with Crippen LogP contribution in [0.1, 0.15) is 0 Å². The fourth-order valence-corrected chi connectivity index (χ4v) is 2.07. The molecule has 16 heavy (non-hydrogen) atoms. The summed E-state index contributed by atoms with van der Waals surface area (Å²) in [5.41, 5.74) is -4.65. The molecular weight excluding hydrogens is 224 g/mol. The fourth-order valence-electron chi connectivity index (χ4n) is 2.07. The van der Waals surface area contributed by atoms with Crippen LogP contribution in [0.5, 0.6) is 0 Å². The monoisotopic (exact) mass is 234 g/mol. The molecule has 0 aromatic rings. The molecule has 0 spiro atoms. The van der Waals surface area contributed by atoms with E-state index in [0.717, 1.165) is 0 Å². The van der Waals surface area contributed by atoms with E-state index in [2.05, 4.69) is 0 Å². The quantitative estimate of drug-likeness (QED) is 0.409. The van der Waals surface area contributed by atoms with Gasteiger partial charge in [-0.15, -0.1) is 0 Å². The normalized spacial score (nSPS) is 46.6. The van der Waals surface area contributed by atoms with Crippen LogP contribution in [0, 0.1) is 0 Å². The van der Waals surface area contributed by atoms with Crippen LogP contribution in [0.25, 0.3) is 0 Å². The van der Waals surface area contributed by atoms with Crippen molar-refractivity contribution in [3.05, 3.63) is 0 Å². The number of hydrogen-bond donors (Lipinski definition) is 4. The summed E-state index contributed by atoms with van der Waals surface area (Å²) in [6.07, 6.45) is -3.13. The molecule has 0 aliphatic carbocycles. The van der Waals surface area contributed by atoms with Crippen LogP contribution < -0.4 is 0 Å². The van der Waals surface area contributed by atoms with Gasteiger partial charge in [0.1, 0.15) is 12.2 Å². The number of hydrogen-bond acceptors (Lipinski definition) is 6. The zero-order chi connectivity index (χ0) is 12.1. The average Bonchev–Trinajstić information content (AvgIpc) is 2.67. The molecule has 0 aromatic heterocycles. The Morgan fingerprint density at radius 3 is 2.38 bits per heavy atom. The lowest BCUT2D eigenvalue weighted by atomic mass is 9.85. The first-order valence-electron chi connectivity index (χ1n) is 4.48. The molecule has 0 radical (unpaired) electrons. The molecule has 4 N–H and O–H groups in total. The summed E-state index contributed by atoms with van der Waals surface area (Å²) in [6.45, 7) is -1.14. The highest BCUT2D eigenvalue weighted by Crippen LogP contribution is 2.43.